The van der Waals surface area contributed by atoms with Gasteiger partial charge in [0.2, 0.25) is 0 Å². The average molecular weight is 277 g/mol. The van der Waals surface area contributed by atoms with Crippen LogP contribution in [0.3, 0.4) is 0 Å². The van der Waals surface area contributed by atoms with Gasteiger partial charge in [-0.2, -0.15) is 13.2 Å². The van der Waals surface area contributed by atoms with E-state index < -0.39 is 24.7 Å². The minimum Gasteiger partial charge on any atom is -0.327 e. The Bertz CT molecular complexity index is 432. The standard InChI is InChI=1S/C12H14F3NOS/c1-8(2)16(7-12(13,14)15)11(17)9-4-3-5-10(18)6-9/h3-6,8,18H,7H2,1-2H3. The van der Waals surface area contributed by atoms with E-state index in [-0.39, 0.29) is 5.56 Å². The minimum absolute atomic E-state index is 0.209. The Kier molecular flexibility index (Phi) is 4.67. The highest BCUT2D eigenvalue weighted by Crippen LogP contribution is 2.20. The summed E-state index contributed by atoms with van der Waals surface area (Å²) >= 11 is 4.06. The van der Waals surface area contributed by atoms with Gasteiger partial charge in [-0.25, -0.2) is 0 Å². The molecule has 0 fully saturated rings. The Morgan fingerprint density at radius 3 is 2.44 bits per heavy atom. The van der Waals surface area contributed by atoms with Crippen LogP contribution in [0.2, 0.25) is 0 Å². The minimum atomic E-state index is -4.40. The third kappa shape index (κ3) is 4.25. The van der Waals surface area contributed by atoms with Crippen molar-refractivity contribution in [2.24, 2.45) is 0 Å². The lowest BCUT2D eigenvalue weighted by Gasteiger charge is -2.27. The van der Waals surface area contributed by atoms with E-state index in [1.165, 1.54) is 12.1 Å². The molecule has 1 aromatic carbocycles. The molecule has 2 nitrogen and oxygen atoms in total. The van der Waals surface area contributed by atoms with E-state index in [9.17, 15) is 18.0 Å². The molecule has 0 radical (unpaired) electrons. The quantitative estimate of drug-likeness (QED) is 0.840. The van der Waals surface area contributed by atoms with E-state index in [1.54, 1.807) is 26.0 Å². The molecule has 0 aliphatic heterocycles. The highest BCUT2D eigenvalue weighted by Gasteiger charge is 2.34. The first-order valence-corrected chi connectivity index (χ1v) is 5.82. The van der Waals surface area contributed by atoms with E-state index in [1.807, 2.05) is 0 Å². The van der Waals surface area contributed by atoms with E-state index in [0.29, 0.717) is 4.90 Å². The van der Waals surface area contributed by atoms with Crippen molar-refractivity contribution in [3.63, 3.8) is 0 Å². The summed E-state index contributed by atoms with van der Waals surface area (Å²) in [7, 11) is 0. The molecule has 6 heteroatoms. The van der Waals surface area contributed by atoms with Gasteiger partial charge in [0, 0.05) is 16.5 Å². The molecule has 0 heterocycles. The summed E-state index contributed by atoms with van der Waals surface area (Å²) in [5.41, 5.74) is 0.209. The molecule has 1 rings (SSSR count). The Hall–Kier alpha value is -1.17. The third-order valence-corrected chi connectivity index (χ3v) is 2.61. The van der Waals surface area contributed by atoms with Crippen molar-refractivity contribution >= 4 is 18.5 Å². The Morgan fingerprint density at radius 2 is 2.00 bits per heavy atom. The van der Waals surface area contributed by atoms with Gasteiger partial charge in [0.05, 0.1) is 0 Å². The van der Waals surface area contributed by atoms with Crippen LogP contribution in [0, 0.1) is 0 Å². The predicted molar refractivity (Wildman–Crippen MR) is 65.9 cm³/mol. The number of amides is 1. The van der Waals surface area contributed by atoms with Crippen molar-refractivity contribution in [1.82, 2.24) is 4.90 Å². The SMILES string of the molecule is CC(C)N(CC(F)(F)F)C(=O)c1cccc(S)c1. The summed E-state index contributed by atoms with van der Waals surface area (Å²) in [6.07, 6.45) is -4.40. The maximum absolute atomic E-state index is 12.4. The Balaban J connectivity index is 2.97. The lowest BCUT2D eigenvalue weighted by molar-refractivity contribution is -0.143. The molecule has 0 aliphatic carbocycles. The van der Waals surface area contributed by atoms with E-state index in [2.05, 4.69) is 12.6 Å². The van der Waals surface area contributed by atoms with Crippen LogP contribution in [-0.2, 0) is 0 Å². The number of carbonyl (C=O) groups is 1. The first-order valence-electron chi connectivity index (χ1n) is 5.37. The molecular formula is C12H14F3NOS. The summed E-state index contributed by atoms with van der Waals surface area (Å²) in [6.45, 7) is 1.85. The number of halogens is 3. The normalized spacial score (nSPS) is 11.7. The lowest BCUT2D eigenvalue weighted by Crippen LogP contribution is -2.43. The molecule has 0 saturated carbocycles. The Labute approximate surface area is 109 Å². The monoisotopic (exact) mass is 277 g/mol. The topological polar surface area (TPSA) is 20.3 Å². The average Bonchev–Trinajstić information content (AvgIpc) is 2.23. The van der Waals surface area contributed by atoms with Crippen molar-refractivity contribution in [2.75, 3.05) is 6.54 Å². The van der Waals surface area contributed by atoms with Gasteiger partial charge >= 0.3 is 6.18 Å². The number of alkyl halides is 3. The molecule has 0 saturated heterocycles. The maximum atomic E-state index is 12.4. The lowest BCUT2D eigenvalue weighted by atomic mass is 10.1. The molecule has 1 amide bonds. The molecule has 0 atom stereocenters. The first kappa shape index (κ1) is 14.9. The van der Waals surface area contributed by atoms with Crippen molar-refractivity contribution in [3.05, 3.63) is 29.8 Å². The van der Waals surface area contributed by atoms with Crippen LogP contribution in [0.15, 0.2) is 29.2 Å². The van der Waals surface area contributed by atoms with Crippen molar-refractivity contribution in [1.29, 1.82) is 0 Å². The second-order valence-corrected chi connectivity index (χ2v) is 4.71. The molecule has 0 aliphatic rings. The largest absolute Gasteiger partial charge is 0.406 e. The van der Waals surface area contributed by atoms with Crippen molar-refractivity contribution in [2.45, 2.75) is 31.0 Å². The van der Waals surface area contributed by atoms with Crippen LogP contribution < -0.4 is 0 Å². The summed E-state index contributed by atoms with van der Waals surface area (Å²) in [4.78, 5) is 13.3. The number of hydrogen-bond acceptors (Lipinski definition) is 2. The molecule has 100 valence electrons. The zero-order valence-electron chi connectivity index (χ0n) is 10.0. The molecule has 0 spiro atoms. The van der Waals surface area contributed by atoms with Crippen LogP contribution in [0.4, 0.5) is 13.2 Å². The van der Waals surface area contributed by atoms with Gasteiger partial charge in [0.1, 0.15) is 6.54 Å². The zero-order chi connectivity index (χ0) is 13.9. The van der Waals surface area contributed by atoms with Gasteiger partial charge in [0.15, 0.2) is 0 Å². The van der Waals surface area contributed by atoms with Crippen LogP contribution in [-0.4, -0.2) is 29.6 Å². The number of rotatable bonds is 3. The smallest absolute Gasteiger partial charge is 0.327 e. The second kappa shape index (κ2) is 5.65. The highest BCUT2D eigenvalue weighted by molar-refractivity contribution is 7.80. The summed E-state index contributed by atoms with van der Waals surface area (Å²) in [5.74, 6) is -0.641. The van der Waals surface area contributed by atoms with Gasteiger partial charge in [-0.1, -0.05) is 6.07 Å². The van der Waals surface area contributed by atoms with Crippen LogP contribution in [0.25, 0.3) is 0 Å². The maximum Gasteiger partial charge on any atom is 0.406 e. The fourth-order valence-corrected chi connectivity index (χ4v) is 1.71. The first-order chi connectivity index (χ1) is 8.20. The third-order valence-electron chi connectivity index (χ3n) is 2.33. The van der Waals surface area contributed by atoms with E-state index in [4.69, 9.17) is 0 Å². The molecular weight excluding hydrogens is 263 g/mol. The van der Waals surface area contributed by atoms with Gasteiger partial charge in [-0.3, -0.25) is 4.79 Å². The van der Waals surface area contributed by atoms with E-state index >= 15 is 0 Å². The second-order valence-electron chi connectivity index (χ2n) is 4.19. The number of benzene rings is 1. The summed E-state index contributed by atoms with van der Waals surface area (Å²) < 4.78 is 37.2. The fourth-order valence-electron chi connectivity index (χ4n) is 1.49. The number of nitrogens with zero attached hydrogens (tertiary/aromatic N) is 1. The van der Waals surface area contributed by atoms with Crippen LogP contribution in [0.5, 0.6) is 0 Å². The predicted octanol–water partition coefficient (Wildman–Crippen LogP) is 3.39. The van der Waals surface area contributed by atoms with Gasteiger partial charge in [-0.15, -0.1) is 12.6 Å². The van der Waals surface area contributed by atoms with Gasteiger partial charge in [0.25, 0.3) is 5.91 Å². The molecule has 0 bridgehead atoms. The van der Waals surface area contributed by atoms with Crippen molar-refractivity contribution < 1.29 is 18.0 Å². The zero-order valence-corrected chi connectivity index (χ0v) is 10.9. The molecule has 1 aromatic rings. The van der Waals surface area contributed by atoms with Gasteiger partial charge < -0.3 is 4.90 Å². The summed E-state index contributed by atoms with van der Waals surface area (Å²) in [6, 6.07) is 5.65. The molecule has 0 N–H and O–H groups in total. The van der Waals surface area contributed by atoms with Crippen molar-refractivity contribution in [3.8, 4) is 0 Å². The number of thiol groups is 1. The Morgan fingerprint density at radius 1 is 1.39 bits per heavy atom. The molecule has 0 unspecified atom stereocenters. The highest BCUT2D eigenvalue weighted by atomic mass is 32.1. The molecule has 0 aromatic heterocycles. The van der Waals surface area contributed by atoms with Gasteiger partial charge in [-0.05, 0) is 32.0 Å². The van der Waals surface area contributed by atoms with Crippen LogP contribution >= 0.6 is 12.6 Å². The number of hydrogen-bond donors (Lipinski definition) is 1. The van der Waals surface area contributed by atoms with E-state index in [0.717, 1.165) is 4.90 Å². The van der Waals surface area contributed by atoms with Crippen LogP contribution in [0.1, 0.15) is 24.2 Å². The fraction of sp³-hybridized carbons (Fsp3) is 0.417. The molecule has 18 heavy (non-hydrogen) atoms. The number of carbonyl (C=O) groups excluding carboxylic acids is 1. The summed E-state index contributed by atoms with van der Waals surface area (Å²) in [5, 5.41) is 0.